The number of nitrogens with one attached hydrogen (secondary N) is 1. The molecule has 1 aliphatic rings. The van der Waals surface area contributed by atoms with Gasteiger partial charge in [-0.25, -0.2) is 4.79 Å². The minimum atomic E-state index is -1.15. The highest BCUT2D eigenvalue weighted by Gasteiger charge is 2.40. The first-order chi connectivity index (χ1) is 10.1. The number of aliphatic carboxylic acids is 1. The van der Waals surface area contributed by atoms with Gasteiger partial charge in [-0.15, -0.1) is 0 Å². The average Bonchev–Trinajstić information content (AvgIpc) is 2.78. The molecule has 0 unspecified atom stereocenters. The molecule has 1 aliphatic carbocycles. The molecule has 0 radical (unpaired) electrons. The average molecular weight is 311 g/mol. The van der Waals surface area contributed by atoms with E-state index in [1.165, 1.54) is 0 Å². The predicted molar refractivity (Wildman–Crippen MR) is 81.5 cm³/mol. The van der Waals surface area contributed by atoms with Gasteiger partial charge in [-0.2, -0.15) is 11.8 Å². The molecule has 1 aromatic heterocycles. The van der Waals surface area contributed by atoms with Crippen LogP contribution in [-0.2, 0) is 10.5 Å². The summed E-state index contributed by atoms with van der Waals surface area (Å²) in [5.41, 5.74) is -1.15. The molecular weight excluding hydrogens is 290 g/mol. The molecule has 0 saturated heterocycles. The van der Waals surface area contributed by atoms with Crippen LogP contribution in [0.1, 0.15) is 54.8 Å². The highest BCUT2D eigenvalue weighted by molar-refractivity contribution is 7.97. The van der Waals surface area contributed by atoms with E-state index in [0.717, 1.165) is 31.4 Å². The second-order valence-corrected chi connectivity index (χ2v) is 6.32. The Labute approximate surface area is 128 Å². The Morgan fingerprint density at radius 1 is 1.29 bits per heavy atom. The number of carbonyl (C=O) groups is 2. The van der Waals surface area contributed by atoms with Crippen LogP contribution in [-0.4, -0.2) is 28.8 Å². The third kappa shape index (κ3) is 3.81. The van der Waals surface area contributed by atoms with Gasteiger partial charge in [-0.05, 0) is 31.2 Å². The number of thioether (sulfide) groups is 1. The normalized spacial score (nSPS) is 18.0. The number of carboxylic acids is 1. The Bertz CT molecular complexity index is 504. The summed E-state index contributed by atoms with van der Waals surface area (Å²) in [4.78, 5) is 23.9. The van der Waals surface area contributed by atoms with Crippen molar-refractivity contribution in [1.29, 1.82) is 0 Å². The van der Waals surface area contributed by atoms with Crippen LogP contribution in [0.5, 0.6) is 0 Å². The van der Waals surface area contributed by atoms with Gasteiger partial charge in [0.1, 0.15) is 11.3 Å². The molecule has 5 nitrogen and oxygen atoms in total. The predicted octanol–water partition coefficient (Wildman–Crippen LogP) is 3.05. The lowest BCUT2D eigenvalue weighted by Gasteiger charge is -2.28. The molecule has 116 valence electrons. The second kappa shape index (κ2) is 7.02. The van der Waals surface area contributed by atoms with Crippen molar-refractivity contribution in [3.05, 3.63) is 23.7 Å². The molecule has 0 atom stereocenters. The van der Waals surface area contributed by atoms with E-state index in [1.54, 1.807) is 23.9 Å². The molecule has 2 N–H and O–H groups in total. The fraction of sp³-hybridized carbons (Fsp3) is 0.600. The number of rotatable bonds is 5. The maximum Gasteiger partial charge on any atom is 0.329 e. The molecule has 1 aromatic rings. The molecule has 1 heterocycles. The lowest BCUT2D eigenvalue weighted by Crippen LogP contribution is -2.54. The van der Waals surface area contributed by atoms with E-state index in [0.29, 0.717) is 18.6 Å². The minimum Gasteiger partial charge on any atom is -0.480 e. The lowest BCUT2D eigenvalue weighted by molar-refractivity contribution is -0.145. The largest absolute Gasteiger partial charge is 0.480 e. The molecule has 0 aromatic carbocycles. The van der Waals surface area contributed by atoms with Gasteiger partial charge < -0.3 is 14.8 Å². The summed E-state index contributed by atoms with van der Waals surface area (Å²) in [7, 11) is 0. The van der Waals surface area contributed by atoms with Crippen LogP contribution < -0.4 is 5.32 Å². The smallest absolute Gasteiger partial charge is 0.329 e. The van der Waals surface area contributed by atoms with Gasteiger partial charge in [0.25, 0.3) is 5.91 Å². The van der Waals surface area contributed by atoms with Crippen LogP contribution in [0, 0.1) is 0 Å². The lowest BCUT2D eigenvalue weighted by atomic mass is 9.90. The van der Waals surface area contributed by atoms with Gasteiger partial charge in [0, 0.05) is 0 Å². The van der Waals surface area contributed by atoms with E-state index >= 15 is 0 Å². The fourth-order valence-electron chi connectivity index (χ4n) is 2.72. The van der Waals surface area contributed by atoms with Crippen molar-refractivity contribution in [1.82, 2.24) is 5.32 Å². The Balaban J connectivity index is 2.11. The molecule has 0 spiro atoms. The fourth-order valence-corrected chi connectivity index (χ4v) is 3.16. The Kier molecular flexibility index (Phi) is 5.33. The SMILES string of the molecule is CSCc1ccc(C(=O)NC2(C(=O)O)CCCCCC2)o1. The molecule has 1 fully saturated rings. The topological polar surface area (TPSA) is 79.5 Å². The number of hydrogen-bond donors (Lipinski definition) is 2. The van der Waals surface area contributed by atoms with E-state index in [1.807, 2.05) is 6.26 Å². The van der Waals surface area contributed by atoms with Crippen LogP contribution in [0.2, 0.25) is 0 Å². The van der Waals surface area contributed by atoms with E-state index in [2.05, 4.69) is 5.32 Å². The molecular formula is C15H21NO4S. The zero-order chi connectivity index (χ0) is 15.3. The number of hydrogen-bond acceptors (Lipinski definition) is 4. The van der Waals surface area contributed by atoms with E-state index in [9.17, 15) is 14.7 Å². The van der Waals surface area contributed by atoms with Crippen molar-refractivity contribution in [3.8, 4) is 0 Å². The first-order valence-corrected chi connectivity index (χ1v) is 8.60. The zero-order valence-corrected chi connectivity index (χ0v) is 13.0. The number of carbonyl (C=O) groups excluding carboxylic acids is 1. The molecule has 0 bridgehead atoms. The number of carboxylic acid groups (broad SMARTS) is 1. The summed E-state index contributed by atoms with van der Waals surface area (Å²) in [6, 6.07) is 3.36. The van der Waals surface area contributed by atoms with Crippen molar-refractivity contribution in [2.45, 2.75) is 49.8 Å². The monoisotopic (exact) mass is 311 g/mol. The first-order valence-electron chi connectivity index (χ1n) is 7.21. The molecule has 2 rings (SSSR count). The van der Waals surface area contributed by atoms with Crippen molar-refractivity contribution >= 4 is 23.6 Å². The van der Waals surface area contributed by atoms with Crippen LogP contribution in [0.3, 0.4) is 0 Å². The summed E-state index contributed by atoms with van der Waals surface area (Å²) in [5, 5.41) is 12.3. The summed E-state index contributed by atoms with van der Waals surface area (Å²) in [5.74, 6) is 0.208. The molecule has 21 heavy (non-hydrogen) atoms. The van der Waals surface area contributed by atoms with E-state index in [4.69, 9.17) is 4.42 Å². The Hall–Kier alpha value is -1.43. The van der Waals surface area contributed by atoms with Gasteiger partial charge in [-0.1, -0.05) is 25.7 Å². The maximum absolute atomic E-state index is 12.3. The van der Waals surface area contributed by atoms with Crippen molar-refractivity contribution in [2.24, 2.45) is 0 Å². The standard InChI is InChI=1S/C15H21NO4S/c1-21-10-11-6-7-12(20-11)13(17)16-15(14(18)19)8-4-2-3-5-9-15/h6-7H,2-5,8-10H2,1H3,(H,16,17)(H,18,19). The van der Waals surface area contributed by atoms with Gasteiger partial charge in [-0.3, -0.25) is 4.79 Å². The quantitative estimate of drug-likeness (QED) is 0.817. The third-order valence-corrected chi connectivity index (χ3v) is 4.46. The molecule has 6 heteroatoms. The first kappa shape index (κ1) is 15.9. The minimum absolute atomic E-state index is 0.184. The Morgan fingerprint density at radius 3 is 2.52 bits per heavy atom. The van der Waals surface area contributed by atoms with Gasteiger partial charge in [0.05, 0.1) is 5.75 Å². The molecule has 1 amide bonds. The van der Waals surface area contributed by atoms with Gasteiger partial charge in [0.2, 0.25) is 0 Å². The Morgan fingerprint density at radius 2 is 1.95 bits per heavy atom. The van der Waals surface area contributed by atoms with Crippen LogP contribution >= 0.6 is 11.8 Å². The molecule has 1 saturated carbocycles. The summed E-state index contributed by atoms with van der Waals surface area (Å²) < 4.78 is 5.46. The van der Waals surface area contributed by atoms with E-state index in [-0.39, 0.29) is 5.76 Å². The zero-order valence-electron chi connectivity index (χ0n) is 12.2. The van der Waals surface area contributed by atoms with Crippen molar-refractivity contribution < 1.29 is 19.1 Å². The second-order valence-electron chi connectivity index (χ2n) is 5.45. The highest BCUT2D eigenvalue weighted by Crippen LogP contribution is 2.28. The van der Waals surface area contributed by atoms with Crippen molar-refractivity contribution in [3.63, 3.8) is 0 Å². The molecule has 0 aliphatic heterocycles. The van der Waals surface area contributed by atoms with Gasteiger partial charge in [0.15, 0.2) is 5.76 Å². The highest BCUT2D eigenvalue weighted by atomic mass is 32.2. The van der Waals surface area contributed by atoms with Crippen LogP contribution in [0.15, 0.2) is 16.5 Å². The number of furan rings is 1. The third-order valence-electron chi connectivity index (χ3n) is 3.89. The summed E-state index contributed by atoms with van der Waals surface area (Å²) in [6.07, 6.45) is 6.59. The van der Waals surface area contributed by atoms with Crippen molar-refractivity contribution in [2.75, 3.05) is 6.26 Å². The van der Waals surface area contributed by atoms with E-state index < -0.39 is 17.4 Å². The summed E-state index contributed by atoms with van der Waals surface area (Å²) in [6.45, 7) is 0. The van der Waals surface area contributed by atoms with Crippen LogP contribution in [0.25, 0.3) is 0 Å². The van der Waals surface area contributed by atoms with Crippen LogP contribution in [0.4, 0.5) is 0 Å². The summed E-state index contributed by atoms with van der Waals surface area (Å²) >= 11 is 1.60. The number of amides is 1. The maximum atomic E-state index is 12.3. The van der Waals surface area contributed by atoms with Gasteiger partial charge >= 0.3 is 5.97 Å².